The van der Waals surface area contributed by atoms with Crippen LogP contribution in [0.15, 0.2) is 24.5 Å². The Kier molecular flexibility index (Phi) is 6.22. The summed E-state index contributed by atoms with van der Waals surface area (Å²) in [6.07, 6.45) is 3.53. The van der Waals surface area contributed by atoms with Crippen LogP contribution in [0.3, 0.4) is 0 Å². The second kappa shape index (κ2) is 8.46. The third-order valence-corrected chi connectivity index (χ3v) is 6.30. The van der Waals surface area contributed by atoms with E-state index < -0.39 is 8.07 Å². The van der Waals surface area contributed by atoms with Gasteiger partial charge < -0.3 is 18.8 Å². The molecule has 0 aliphatic rings. The zero-order valence-corrected chi connectivity index (χ0v) is 18.6. The van der Waals surface area contributed by atoms with E-state index in [2.05, 4.69) is 34.8 Å². The van der Waals surface area contributed by atoms with E-state index in [-0.39, 0.29) is 0 Å². The fraction of sp³-hybridized carbons (Fsp3) is 0.421. The first-order valence-electron chi connectivity index (χ1n) is 9.01. The number of ether oxygens (including phenoxy) is 3. The highest BCUT2D eigenvalue weighted by Crippen LogP contribution is 2.40. The van der Waals surface area contributed by atoms with Crippen LogP contribution in [0.5, 0.6) is 11.6 Å². The van der Waals surface area contributed by atoms with Crippen LogP contribution >= 0.6 is 11.6 Å². The normalized spacial score (nSPS) is 11.8. The third kappa shape index (κ3) is 4.45. The van der Waals surface area contributed by atoms with E-state index in [0.717, 1.165) is 34.8 Å². The fourth-order valence-corrected chi connectivity index (χ4v) is 3.78. The molecule has 150 valence electrons. The molecular weight excluding hydrogens is 396 g/mol. The van der Waals surface area contributed by atoms with Gasteiger partial charge in [0.15, 0.2) is 5.75 Å². The average molecular weight is 421 g/mol. The van der Waals surface area contributed by atoms with E-state index in [1.54, 1.807) is 26.5 Å². The molecule has 0 aliphatic carbocycles. The van der Waals surface area contributed by atoms with Gasteiger partial charge in [0.25, 0.3) is 0 Å². The van der Waals surface area contributed by atoms with E-state index in [9.17, 15) is 0 Å². The summed E-state index contributed by atoms with van der Waals surface area (Å²) in [5.41, 5.74) is 2.32. The molecule has 0 N–H and O–H groups in total. The van der Waals surface area contributed by atoms with E-state index in [1.165, 1.54) is 0 Å². The van der Waals surface area contributed by atoms with Crippen molar-refractivity contribution in [3.63, 3.8) is 0 Å². The molecule has 0 fully saturated rings. The van der Waals surface area contributed by atoms with Gasteiger partial charge in [-0.3, -0.25) is 0 Å². The van der Waals surface area contributed by atoms with Gasteiger partial charge in [-0.1, -0.05) is 31.2 Å². The highest BCUT2D eigenvalue weighted by molar-refractivity contribution is 6.76. The Balaban J connectivity index is 2.03. The number of nitrogens with zero attached hydrogens (tertiary/aromatic N) is 4. The molecule has 3 aromatic heterocycles. The first-order chi connectivity index (χ1) is 13.3. The van der Waals surface area contributed by atoms with Crippen LogP contribution in [0.4, 0.5) is 0 Å². The van der Waals surface area contributed by atoms with Crippen LogP contribution in [0, 0.1) is 0 Å². The molecule has 3 rings (SSSR count). The van der Waals surface area contributed by atoms with Gasteiger partial charge in [-0.2, -0.15) is 5.10 Å². The summed E-state index contributed by atoms with van der Waals surface area (Å²) in [4.78, 5) is 4.50. The molecule has 0 radical (unpaired) electrons. The van der Waals surface area contributed by atoms with Gasteiger partial charge in [0, 0.05) is 31.8 Å². The molecule has 28 heavy (non-hydrogen) atoms. The number of aromatic nitrogens is 4. The first kappa shape index (κ1) is 20.6. The van der Waals surface area contributed by atoms with Crippen LogP contribution in [0.1, 0.15) is 0 Å². The maximum absolute atomic E-state index is 6.15. The Morgan fingerprint density at radius 1 is 1.14 bits per heavy atom. The molecule has 3 heterocycles. The van der Waals surface area contributed by atoms with Crippen LogP contribution in [0.2, 0.25) is 30.8 Å². The number of rotatable bonds is 8. The van der Waals surface area contributed by atoms with E-state index in [0.29, 0.717) is 23.5 Å². The predicted molar refractivity (Wildman–Crippen MR) is 113 cm³/mol. The summed E-state index contributed by atoms with van der Waals surface area (Å²) in [5.74, 6) is 0.952. The first-order valence-corrected chi connectivity index (χ1v) is 13.1. The quantitative estimate of drug-likeness (QED) is 0.304. The Bertz CT molecular complexity index is 949. The molecule has 3 aromatic rings. The summed E-state index contributed by atoms with van der Waals surface area (Å²) in [5, 5.41) is 9.35. The molecule has 0 spiro atoms. The minimum absolute atomic E-state index is 0.382. The van der Waals surface area contributed by atoms with Crippen LogP contribution in [0.25, 0.3) is 22.2 Å². The summed E-state index contributed by atoms with van der Waals surface area (Å²) in [6, 6.07) is 4.79. The van der Waals surface area contributed by atoms with Crippen molar-refractivity contribution in [2.24, 2.45) is 0 Å². The summed E-state index contributed by atoms with van der Waals surface area (Å²) < 4.78 is 18.8. The standard InChI is InChI=1S/C19H25ClN4O3Si/c1-25-15-10-21-23-19(26-2)17(15)14-11-24(12-27-8-9-28(3,4)5)18-13(14)6-7-16(20)22-18/h6-7,10-11H,8-9,12H2,1-5H3. The fourth-order valence-electron chi connectivity index (χ4n) is 2.88. The predicted octanol–water partition coefficient (Wildman–Crippen LogP) is 4.48. The van der Waals surface area contributed by atoms with Gasteiger partial charge in [-0.15, -0.1) is 5.10 Å². The average Bonchev–Trinajstić information content (AvgIpc) is 3.01. The molecule has 0 saturated heterocycles. The summed E-state index contributed by atoms with van der Waals surface area (Å²) >= 11 is 6.15. The largest absolute Gasteiger partial charge is 0.494 e. The highest BCUT2D eigenvalue weighted by atomic mass is 35.5. The molecule has 0 atom stereocenters. The number of methoxy groups -OCH3 is 2. The maximum atomic E-state index is 6.15. The topological polar surface area (TPSA) is 71.3 Å². The third-order valence-electron chi connectivity index (χ3n) is 4.38. The van der Waals surface area contributed by atoms with Gasteiger partial charge in [-0.25, -0.2) is 4.98 Å². The lowest BCUT2D eigenvalue weighted by Gasteiger charge is -2.15. The lowest BCUT2D eigenvalue weighted by molar-refractivity contribution is 0.0899. The number of hydrogen-bond acceptors (Lipinski definition) is 6. The van der Waals surface area contributed by atoms with Gasteiger partial charge in [-0.05, 0) is 18.2 Å². The van der Waals surface area contributed by atoms with Crippen LogP contribution in [-0.4, -0.2) is 48.6 Å². The molecule has 0 aromatic carbocycles. The Morgan fingerprint density at radius 3 is 2.61 bits per heavy atom. The summed E-state index contributed by atoms with van der Waals surface area (Å²) in [7, 11) is 2.00. The molecule has 9 heteroatoms. The molecule has 0 bridgehead atoms. The Hall–Kier alpha value is -2.16. The van der Waals surface area contributed by atoms with E-state index in [4.69, 9.17) is 25.8 Å². The summed E-state index contributed by atoms with van der Waals surface area (Å²) in [6.45, 7) is 8.09. The van der Waals surface area contributed by atoms with Gasteiger partial charge in [0.2, 0.25) is 5.88 Å². The molecule has 0 saturated carbocycles. The molecule has 7 nitrogen and oxygen atoms in total. The SMILES string of the molecule is COc1cnnc(OC)c1-c1cn(COCC[Si](C)(C)C)c2nc(Cl)ccc12. The van der Waals surface area contributed by atoms with Crippen molar-refractivity contribution in [2.45, 2.75) is 32.4 Å². The Morgan fingerprint density at radius 2 is 1.93 bits per heavy atom. The van der Waals surface area contributed by atoms with Crippen molar-refractivity contribution < 1.29 is 14.2 Å². The van der Waals surface area contributed by atoms with Crippen LogP contribution < -0.4 is 9.47 Å². The zero-order chi connectivity index (χ0) is 20.3. The smallest absolute Gasteiger partial charge is 0.244 e. The number of hydrogen-bond donors (Lipinski definition) is 0. The lowest BCUT2D eigenvalue weighted by atomic mass is 10.1. The minimum atomic E-state index is -1.15. The van der Waals surface area contributed by atoms with Crippen molar-refractivity contribution in [3.05, 3.63) is 29.7 Å². The number of pyridine rings is 1. The zero-order valence-electron chi connectivity index (χ0n) is 16.8. The highest BCUT2D eigenvalue weighted by Gasteiger charge is 2.21. The lowest BCUT2D eigenvalue weighted by Crippen LogP contribution is -2.22. The van der Waals surface area contributed by atoms with Gasteiger partial charge in [0.05, 0.1) is 26.0 Å². The van der Waals surface area contributed by atoms with Crippen molar-refractivity contribution in [2.75, 3.05) is 20.8 Å². The molecular formula is C19H25ClN4O3Si. The van der Waals surface area contributed by atoms with Gasteiger partial charge in [0.1, 0.15) is 17.5 Å². The maximum Gasteiger partial charge on any atom is 0.244 e. The second-order valence-electron chi connectivity index (χ2n) is 7.66. The minimum Gasteiger partial charge on any atom is -0.494 e. The van der Waals surface area contributed by atoms with E-state index in [1.807, 2.05) is 16.8 Å². The monoisotopic (exact) mass is 420 g/mol. The van der Waals surface area contributed by atoms with E-state index >= 15 is 0 Å². The number of fused-ring (bicyclic) bond motifs is 1. The Labute approximate surface area is 170 Å². The van der Waals surface area contributed by atoms with Gasteiger partial charge >= 0.3 is 0 Å². The second-order valence-corrected chi connectivity index (χ2v) is 13.7. The van der Waals surface area contributed by atoms with Crippen molar-refractivity contribution in [3.8, 4) is 22.8 Å². The molecule has 0 aliphatic heterocycles. The van der Waals surface area contributed by atoms with Crippen molar-refractivity contribution in [1.82, 2.24) is 19.7 Å². The number of halogens is 1. The van der Waals surface area contributed by atoms with Crippen molar-refractivity contribution in [1.29, 1.82) is 0 Å². The van der Waals surface area contributed by atoms with Crippen LogP contribution in [-0.2, 0) is 11.5 Å². The molecule has 0 unspecified atom stereocenters. The molecule has 0 amide bonds. The van der Waals surface area contributed by atoms with Crippen molar-refractivity contribution >= 4 is 30.7 Å².